The van der Waals surface area contributed by atoms with Crippen molar-refractivity contribution in [3.8, 4) is 0 Å². The minimum absolute atomic E-state index is 0.973. The molecule has 1 atom stereocenters. The summed E-state index contributed by atoms with van der Waals surface area (Å²) in [5, 5.41) is 2.57. The second-order valence-electron chi connectivity index (χ2n) is 9.47. The summed E-state index contributed by atoms with van der Waals surface area (Å²) in [4.78, 5) is 0. The van der Waals surface area contributed by atoms with E-state index in [1.54, 1.807) is 0 Å². The molecule has 7 heteroatoms. The predicted octanol–water partition coefficient (Wildman–Crippen LogP) is 5.44. The van der Waals surface area contributed by atoms with Gasteiger partial charge in [0.2, 0.25) is 8.32 Å². The molecule has 0 bridgehead atoms. The van der Waals surface area contributed by atoms with E-state index in [1.807, 2.05) is 0 Å². The fourth-order valence-corrected chi connectivity index (χ4v) is 23.3. The summed E-state index contributed by atoms with van der Waals surface area (Å²) >= 11 is 0. The van der Waals surface area contributed by atoms with Crippen LogP contribution in [-0.2, 0) is 12.3 Å². The molecule has 0 aromatic heterocycles. The van der Waals surface area contributed by atoms with Crippen LogP contribution in [-0.4, -0.2) is 33.8 Å². The summed E-state index contributed by atoms with van der Waals surface area (Å²) in [6.07, 6.45) is 1.05. The fraction of sp³-hybridized carbons (Fsp3) is 0.455. The van der Waals surface area contributed by atoms with Crippen LogP contribution in [0.4, 0.5) is 0 Å². The lowest BCUT2D eigenvalue weighted by Gasteiger charge is -2.43. The molecule has 2 rings (SSSR count). The first-order chi connectivity index (χ1) is 13.4. The van der Waals surface area contributed by atoms with Gasteiger partial charge in [-0.2, -0.15) is 0 Å². The Balaban J connectivity index is 2.45. The van der Waals surface area contributed by atoms with Crippen LogP contribution < -0.4 is 10.4 Å². The molecule has 0 amide bonds. The Kier molecular flexibility index (Phi) is 8.05. The highest BCUT2D eigenvalue weighted by molar-refractivity contribution is 7.01. The third kappa shape index (κ3) is 7.13. The first-order valence-electron chi connectivity index (χ1n) is 10.6. The van der Waals surface area contributed by atoms with Crippen molar-refractivity contribution in [2.45, 2.75) is 65.2 Å². The highest BCUT2D eigenvalue weighted by atomic mass is 28.5. The second-order valence-corrected chi connectivity index (χ2v) is 24.9. The van der Waals surface area contributed by atoms with Crippen molar-refractivity contribution in [1.82, 2.24) is 0 Å². The van der Waals surface area contributed by atoms with Crippen LogP contribution in [0, 0.1) is 0 Å². The van der Waals surface area contributed by atoms with Crippen molar-refractivity contribution >= 4 is 44.1 Å². The van der Waals surface area contributed by atoms with Gasteiger partial charge in [0.25, 0.3) is 0 Å². The second kappa shape index (κ2) is 9.55. The van der Waals surface area contributed by atoms with Crippen molar-refractivity contribution in [2.75, 3.05) is 0 Å². The largest absolute Gasteiger partial charge is 0.437 e. The van der Waals surface area contributed by atoms with Gasteiger partial charge in [0, 0.05) is 0 Å². The van der Waals surface area contributed by atoms with Crippen molar-refractivity contribution < 1.29 is 12.3 Å². The highest BCUT2D eigenvalue weighted by Crippen LogP contribution is 2.27. The van der Waals surface area contributed by atoms with Gasteiger partial charge in [-0.25, -0.2) is 0 Å². The topological polar surface area (TPSA) is 27.7 Å². The van der Waals surface area contributed by atoms with Gasteiger partial charge in [0.05, 0.1) is 0 Å². The van der Waals surface area contributed by atoms with Crippen LogP contribution in [0.25, 0.3) is 0 Å². The molecule has 0 radical (unpaired) electrons. The summed E-state index contributed by atoms with van der Waals surface area (Å²) < 4.78 is 20.6. The molecule has 160 valence electrons. The average Bonchev–Trinajstić information content (AvgIpc) is 2.60. The fourth-order valence-electron chi connectivity index (χ4n) is 4.08. The van der Waals surface area contributed by atoms with E-state index < -0.39 is 33.8 Å². The number of rotatable bonds is 10. The lowest BCUT2D eigenvalue weighted by Crippen LogP contribution is -2.66. The molecule has 0 N–H and O–H groups in total. The third-order valence-corrected chi connectivity index (χ3v) is 20.5. The number of hydrogen-bond donors (Lipinski definition) is 0. The first-order valence-corrected chi connectivity index (χ1v) is 21.8. The molecule has 0 saturated heterocycles. The van der Waals surface area contributed by atoms with Gasteiger partial charge < -0.3 is 12.3 Å². The van der Waals surface area contributed by atoms with E-state index in [0.717, 1.165) is 12.5 Å². The van der Waals surface area contributed by atoms with E-state index in [0.29, 0.717) is 0 Å². The molecule has 0 aliphatic rings. The first kappa shape index (κ1) is 24.5. The zero-order valence-corrected chi connectivity index (χ0v) is 23.4. The van der Waals surface area contributed by atoms with E-state index in [-0.39, 0.29) is 0 Å². The minimum Gasteiger partial charge on any atom is -0.437 e. The van der Waals surface area contributed by atoms with E-state index >= 15 is 0 Å². The number of hydrogen-bond acceptors (Lipinski definition) is 3. The maximum atomic E-state index is 7.21. The van der Waals surface area contributed by atoms with Crippen LogP contribution in [0.5, 0.6) is 0 Å². The molecule has 3 nitrogen and oxygen atoms in total. The molecule has 0 fully saturated rings. The third-order valence-electron chi connectivity index (χ3n) is 4.79. The van der Waals surface area contributed by atoms with Gasteiger partial charge >= 0.3 is 17.1 Å². The van der Waals surface area contributed by atoms with E-state index in [4.69, 9.17) is 12.3 Å². The Morgan fingerprint density at radius 1 is 0.621 bits per heavy atom. The summed E-state index contributed by atoms with van der Waals surface area (Å²) in [6, 6.07) is 22.4. The van der Waals surface area contributed by atoms with E-state index in [1.165, 1.54) is 10.4 Å². The monoisotopic (exact) mass is 462 g/mol. The number of benzene rings is 2. The standard InChI is InChI=1S/C22H38O3Si4/c1-9-20-28(7,24-27(5,6)23-26(2,3)4)25-29(8,21-16-12-10-13-17-21)22-18-14-11-15-19-22/h10-19H,9,20H2,1-8H3. The normalized spacial score (nSPS) is 15.2. The molecular weight excluding hydrogens is 425 g/mol. The van der Waals surface area contributed by atoms with Gasteiger partial charge in [-0.05, 0) is 62.2 Å². The summed E-state index contributed by atoms with van der Waals surface area (Å²) in [7, 11) is -8.86. The molecule has 0 spiro atoms. The molecule has 2 aromatic carbocycles. The van der Waals surface area contributed by atoms with E-state index in [2.05, 4.69) is 113 Å². The summed E-state index contributed by atoms with van der Waals surface area (Å²) in [5.41, 5.74) is 0. The van der Waals surface area contributed by atoms with Gasteiger partial charge in [0.1, 0.15) is 0 Å². The Hall–Kier alpha value is -0.812. The molecule has 0 heterocycles. The zero-order chi connectivity index (χ0) is 21.8. The Bertz CT molecular complexity index is 723. The molecule has 0 aliphatic heterocycles. The van der Waals surface area contributed by atoms with Crippen molar-refractivity contribution in [2.24, 2.45) is 0 Å². The smallest absolute Gasteiger partial charge is 0.316 e. The van der Waals surface area contributed by atoms with E-state index in [9.17, 15) is 0 Å². The van der Waals surface area contributed by atoms with Gasteiger partial charge in [-0.3, -0.25) is 0 Å². The lowest BCUT2D eigenvalue weighted by molar-refractivity contribution is 0.326. The Labute approximate surface area is 182 Å². The zero-order valence-electron chi connectivity index (χ0n) is 19.4. The van der Waals surface area contributed by atoms with Crippen LogP contribution in [0.1, 0.15) is 13.3 Å². The Morgan fingerprint density at radius 3 is 1.45 bits per heavy atom. The van der Waals surface area contributed by atoms with Crippen molar-refractivity contribution in [3.05, 3.63) is 60.7 Å². The SMILES string of the molecule is CCC[Si](C)(O[Si](C)(C)O[Si](C)(C)C)O[Si](C)(c1ccccc1)c1ccccc1. The maximum absolute atomic E-state index is 7.21. The van der Waals surface area contributed by atoms with Gasteiger partial charge in [0.15, 0.2) is 8.32 Å². The highest BCUT2D eigenvalue weighted by Gasteiger charge is 2.47. The summed E-state index contributed by atoms with van der Waals surface area (Å²) in [6.45, 7) is 17.8. The van der Waals surface area contributed by atoms with Crippen molar-refractivity contribution in [3.63, 3.8) is 0 Å². The van der Waals surface area contributed by atoms with Crippen LogP contribution in [0.3, 0.4) is 0 Å². The minimum atomic E-state index is -2.46. The van der Waals surface area contributed by atoms with Crippen LogP contribution in [0.15, 0.2) is 60.7 Å². The molecule has 2 aromatic rings. The summed E-state index contributed by atoms with van der Waals surface area (Å²) in [5.74, 6) is 0. The Morgan fingerprint density at radius 2 is 1.07 bits per heavy atom. The molecule has 0 saturated carbocycles. The van der Waals surface area contributed by atoms with Crippen LogP contribution >= 0.6 is 0 Å². The lowest BCUT2D eigenvalue weighted by atomic mass is 10.4. The molecule has 0 aliphatic carbocycles. The van der Waals surface area contributed by atoms with Gasteiger partial charge in [-0.15, -0.1) is 0 Å². The molecule has 29 heavy (non-hydrogen) atoms. The average molecular weight is 463 g/mol. The maximum Gasteiger partial charge on any atom is 0.316 e. The van der Waals surface area contributed by atoms with Gasteiger partial charge in [-0.1, -0.05) is 74.0 Å². The quantitative estimate of drug-likeness (QED) is 0.440. The molecular formula is C22H38O3Si4. The molecule has 1 unspecified atom stereocenters. The predicted molar refractivity (Wildman–Crippen MR) is 135 cm³/mol. The van der Waals surface area contributed by atoms with Crippen LogP contribution in [0.2, 0.25) is 51.9 Å². The van der Waals surface area contributed by atoms with Crippen molar-refractivity contribution in [1.29, 1.82) is 0 Å².